The first-order chi connectivity index (χ1) is 15.9. The van der Waals surface area contributed by atoms with Gasteiger partial charge in [-0.3, -0.25) is 9.78 Å². The van der Waals surface area contributed by atoms with Gasteiger partial charge in [-0.15, -0.1) is 0 Å². The molecule has 0 aliphatic rings. The molecule has 1 amide bonds. The van der Waals surface area contributed by atoms with Crippen molar-refractivity contribution in [3.05, 3.63) is 65.4 Å². The van der Waals surface area contributed by atoms with Gasteiger partial charge in [-0.1, -0.05) is 38.3 Å². The molecule has 0 spiro atoms. The number of amides is 1. The van der Waals surface area contributed by atoms with Gasteiger partial charge >= 0.3 is 0 Å². The molecule has 4 aromatic rings. The summed E-state index contributed by atoms with van der Waals surface area (Å²) in [4.78, 5) is 21.5. The molecule has 8 heteroatoms. The zero-order valence-corrected chi connectivity index (χ0v) is 19.4. The summed E-state index contributed by atoms with van der Waals surface area (Å²) in [5.41, 5.74) is 2.47. The molecule has 1 aromatic carbocycles. The third-order valence-electron chi connectivity index (χ3n) is 5.37. The van der Waals surface area contributed by atoms with E-state index in [0.717, 1.165) is 24.8 Å². The van der Waals surface area contributed by atoms with Crippen LogP contribution in [-0.2, 0) is 6.54 Å². The molecule has 0 radical (unpaired) electrons. The van der Waals surface area contributed by atoms with E-state index >= 15 is 0 Å². The highest BCUT2D eigenvalue weighted by Gasteiger charge is 2.19. The Kier molecular flexibility index (Phi) is 6.89. The van der Waals surface area contributed by atoms with E-state index in [1.165, 1.54) is 6.20 Å². The van der Waals surface area contributed by atoms with E-state index in [-0.39, 0.29) is 11.7 Å². The topological polar surface area (TPSA) is 92.9 Å². The second-order valence-corrected chi connectivity index (χ2v) is 8.80. The highest BCUT2D eigenvalue weighted by atomic mass is 35.5. The maximum atomic E-state index is 12.7. The van der Waals surface area contributed by atoms with Crippen LogP contribution in [0.4, 0.5) is 5.82 Å². The molecule has 0 fully saturated rings. The van der Waals surface area contributed by atoms with Crippen LogP contribution in [0.25, 0.3) is 22.3 Å². The molecule has 3 heterocycles. The summed E-state index contributed by atoms with van der Waals surface area (Å²) in [6, 6.07) is 11.9. The smallest absolute Gasteiger partial charge is 0.258 e. The second kappa shape index (κ2) is 10.0. The van der Waals surface area contributed by atoms with Crippen LogP contribution < -0.4 is 5.32 Å². The number of aryl methyl sites for hydroxylation is 1. The van der Waals surface area contributed by atoms with Gasteiger partial charge in [-0.05, 0) is 54.8 Å². The molecule has 0 saturated heterocycles. The summed E-state index contributed by atoms with van der Waals surface area (Å²) in [7, 11) is 0. The van der Waals surface area contributed by atoms with Gasteiger partial charge in [0.1, 0.15) is 5.75 Å². The van der Waals surface area contributed by atoms with Gasteiger partial charge in [-0.2, -0.15) is 5.10 Å². The van der Waals surface area contributed by atoms with Crippen LogP contribution in [0.5, 0.6) is 5.75 Å². The Balaban J connectivity index is 1.72. The number of fused-ring (bicyclic) bond motifs is 1. The number of carbonyl (C=O) groups excluding carboxylic acids is 1. The van der Waals surface area contributed by atoms with Crippen molar-refractivity contribution < 1.29 is 9.90 Å². The molecule has 0 aliphatic heterocycles. The highest BCUT2D eigenvalue weighted by Crippen LogP contribution is 2.33. The first-order valence-corrected chi connectivity index (χ1v) is 11.4. The maximum absolute atomic E-state index is 12.7. The fourth-order valence-corrected chi connectivity index (χ4v) is 3.89. The van der Waals surface area contributed by atoms with E-state index in [1.54, 1.807) is 48.7 Å². The minimum absolute atomic E-state index is 0.173. The number of nitrogens with zero attached hydrogens (tertiary/aromatic N) is 4. The lowest BCUT2D eigenvalue weighted by Crippen LogP contribution is -2.13. The first kappa shape index (κ1) is 22.7. The van der Waals surface area contributed by atoms with E-state index in [0.29, 0.717) is 45.6 Å². The van der Waals surface area contributed by atoms with Crippen molar-refractivity contribution in [2.45, 2.75) is 39.7 Å². The fraction of sp³-hybridized carbons (Fsp3) is 0.280. The standard InChI is InChI=1S/C25H26ClN5O2/c1-16(2)6-3-4-13-31-24-20(23(30-31)29-25(33)18-7-5-12-27-15-18)14-21(26)22(28-24)17-8-10-19(32)11-9-17/h5,7-12,14-16,32H,3-4,6,13H2,1-2H3,(H,29,30,33). The minimum atomic E-state index is -0.298. The first-order valence-electron chi connectivity index (χ1n) is 11.0. The Morgan fingerprint density at radius 3 is 2.67 bits per heavy atom. The number of unbranched alkanes of at least 4 members (excludes halogenated alkanes) is 1. The van der Waals surface area contributed by atoms with Gasteiger partial charge in [0.15, 0.2) is 11.5 Å². The lowest BCUT2D eigenvalue weighted by Gasteiger charge is -2.08. The molecule has 33 heavy (non-hydrogen) atoms. The van der Waals surface area contributed by atoms with Crippen LogP contribution in [0.3, 0.4) is 0 Å². The van der Waals surface area contributed by atoms with Crippen LogP contribution >= 0.6 is 11.6 Å². The average Bonchev–Trinajstić information content (AvgIpc) is 3.13. The van der Waals surface area contributed by atoms with Crippen molar-refractivity contribution in [1.82, 2.24) is 19.7 Å². The molecule has 0 aliphatic carbocycles. The Morgan fingerprint density at radius 2 is 1.97 bits per heavy atom. The van der Waals surface area contributed by atoms with Crippen molar-refractivity contribution in [2.75, 3.05) is 5.32 Å². The summed E-state index contributed by atoms with van der Waals surface area (Å²) in [5.74, 6) is 0.931. The highest BCUT2D eigenvalue weighted by molar-refractivity contribution is 6.34. The van der Waals surface area contributed by atoms with Crippen LogP contribution in [0.2, 0.25) is 5.02 Å². The lowest BCUT2D eigenvalue weighted by atomic mass is 10.1. The SMILES string of the molecule is CC(C)CCCCn1nc(NC(=O)c2cccnc2)c2cc(Cl)c(-c3ccc(O)cc3)nc21. The van der Waals surface area contributed by atoms with Crippen molar-refractivity contribution >= 4 is 34.4 Å². The predicted molar refractivity (Wildman–Crippen MR) is 131 cm³/mol. The number of benzene rings is 1. The molecule has 0 atom stereocenters. The number of anilines is 1. The molecular formula is C25H26ClN5O2. The molecular weight excluding hydrogens is 438 g/mol. The Labute approximate surface area is 197 Å². The van der Waals surface area contributed by atoms with Gasteiger partial charge in [-0.25, -0.2) is 9.67 Å². The van der Waals surface area contributed by atoms with Crippen LogP contribution in [-0.4, -0.2) is 30.8 Å². The molecule has 0 saturated carbocycles. The van der Waals surface area contributed by atoms with Crippen molar-refractivity contribution in [2.24, 2.45) is 5.92 Å². The predicted octanol–water partition coefficient (Wildman–Crippen LogP) is 5.93. The number of hydrogen-bond acceptors (Lipinski definition) is 5. The van der Waals surface area contributed by atoms with Crippen LogP contribution in [0.1, 0.15) is 43.5 Å². The number of aromatic hydroxyl groups is 1. The average molecular weight is 464 g/mol. The molecule has 0 unspecified atom stereocenters. The molecule has 170 valence electrons. The summed E-state index contributed by atoms with van der Waals surface area (Å²) in [5, 5.41) is 18.3. The van der Waals surface area contributed by atoms with Gasteiger partial charge in [0.2, 0.25) is 0 Å². The van der Waals surface area contributed by atoms with E-state index in [9.17, 15) is 9.90 Å². The third-order valence-corrected chi connectivity index (χ3v) is 5.66. The van der Waals surface area contributed by atoms with Gasteiger partial charge in [0.25, 0.3) is 5.91 Å². The third kappa shape index (κ3) is 5.31. The number of nitrogens with one attached hydrogen (secondary N) is 1. The summed E-state index contributed by atoms with van der Waals surface area (Å²) in [6.07, 6.45) is 6.29. The van der Waals surface area contributed by atoms with E-state index in [1.807, 2.05) is 4.68 Å². The summed E-state index contributed by atoms with van der Waals surface area (Å²) >= 11 is 6.59. The number of pyridine rings is 2. The summed E-state index contributed by atoms with van der Waals surface area (Å²) in [6.45, 7) is 5.10. The fourth-order valence-electron chi connectivity index (χ4n) is 3.63. The molecule has 3 aromatic heterocycles. The monoisotopic (exact) mass is 463 g/mol. The zero-order chi connectivity index (χ0) is 23.4. The number of rotatable bonds is 8. The Bertz CT molecular complexity index is 1250. The second-order valence-electron chi connectivity index (χ2n) is 8.39. The number of hydrogen-bond donors (Lipinski definition) is 2. The maximum Gasteiger partial charge on any atom is 0.258 e. The van der Waals surface area contributed by atoms with Crippen LogP contribution in [0.15, 0.2) is 54.9 Å². The zero-order valence-electron chi connectivity index (χ0n) is 18.6. The molecule has 4 rings (SSSR count). The lowest BCUT2D eigenvalue weighted by molar-refractivity contribution is 0.102. The number of carbonyl (C=O) groups is 1. The molecule has 7 nitrogen and oxygen atoms in total. The van der Waals surface area contributed by atoms with E-state index in [4.69, 9.17) is 16.6 Å². The number of phenolic OH excluding ortho intramolecular Hbond substituents is 1. The minimum Gasteiger partial charge on any atom is -0.508 e. The van der Waals surface area contributed by atoms with Crippen molar-refractivity contribution in [3.63, 3.8) is 0 Å². The van der Waals surface area contributed by atoms with Crippen molar-refractivity contribution in [3.8, 4) is 17.0 Å². The number of halogens is 1. The quantitative estimate of drug-likeness (QED) is 0.316. The van der Waals surface area contributed by atoms with E-state index < -0.39 is 0 Å². The molecule has 2 N–H and O–H groups in total. The van der Waals surface area contributed by atoms with Gasteiger partial charge in [0, 0.05) is 24.5 Å². The van der Waals surface area contributed by atoms with Crippen LogP contribution in [0, 0.1) is 5.92 Å². The normalized spacial score (nSPS) is 11.3. The van der Waals surface area contributed by atoms with Gasteiger partial charge in [0.05, 0.1) is 21.7 Å². The van der Waals surface area contributed by atoms with E-state index in [2.05, 4.69) is 29.2 Å². The Morgan fingerprint density at radius 1 is 1.18 bits per heavy atom. The number of aromatic nitrogens is 4. The molecule has 0 bridgehead atoms. The largest absolute Gasteiger partial charge is 0.508 e. The Hall–Kier alpha value is -3.45. The summed E-state index contributed by atoms with van der Waals surface area (Å²) < 4.78 is 1.83. The number of phenols is 1. The van der Waals surface area contributed by atoms with Crippen molar-refractivity contribution in [1.29, 1.82) is 0 Å². The van der Waals surface area contributed by atoms with Gasteiger partial charge < -0.3 is 10.4 Å².